The highest BCUT2D eigenvalue weighted by molar-refractivity contribution is 9.10. The fourth-order valence-corrected chi connectivity index (χ4v) is 2.53. The minimum absolute atomic E-state index is 0.00669. The predicted molar refractivity (Wildman–Crippen MR) is 89.2 cm³/mol. The summed E-state index contributed by atoms with van der Waals surface area (Å²) in [6, 6.07) is 10.9. The van der Waals surface area contributed by atoms with Crippen molar-refractivity contribution in [1.82, 2.24) is 5.43 Å². The molecule has 0 atom stereocenters. The molecule has 116 valence electrons. The Hall–Kier alpha value is -2.18. The number of benzene rings is 2. The van der Waals surface area contributed by atoms with E-state index in [0.717, 1.165) is 15.5 Å². The Bertz CT molecular complexity index is 836. The third-order valence-corrected chi connectivity index (χ3v) is 4.05. The first kappa shape index (κ1) is 15.7. The van der Waals surface area contributed by atoms with E-state index in [-0.39, 0.29) is 16.3 Å². The van der Waals surface area contributed by atoms with Gasteiger partial charge in [-0.2, -0.15) is 0 Å². The molecular formula is C16H9BrClFN2O2. The number of rotatable bonds is 2. The van der Waals surface area contributed by atoms with Crippen molar-refractivity contribution in [2.45, 2.75) is 0 Å². The maximum absolute atomic E-state index is 13.2. The Morgan fingerprint density at radius 3 is 2.48 bits per heavy atom. The Morgan fingerprint density at radius 2 is 1.83 bits per heavy atom. The quantitative estimate of drug-likeness (QED) is 0.623. The van der Waals surface area contributed by atoms with Gasteiger partial charge in [0, 0.05) is 4.47 Å². The maximum Gasteiger partial charge on any atom is 0.282 e. The average molecular weight is 396 g/mol. The van der Waals surface area contributed by atoms with Crippen molar-refractivity contribution >= 4 is 51.1 Å². The fourth-order valence-electron chi connectivity index (χ4n) is 2.09. The average Bonchev–Trinajstić information content (AvgIpc) is 2.80. The zero-order chi connectivity index (χ0) is 16.6. The molecule has 1 aliphatic rings. The molecule has 0 aromatic heterocycles. The van der Waals surface area contributed by atoms with E-state index >= 15 is 0 Å². The zero-order valence-corrected chi connectivity index (χ0v) is 13.9. The highest BCUT2D eigenvalue weighted by Crippen LogP contribution is 2.26. The summed E-state index contributed by atoms with van der Waals surface area (Å²) in [5.74, 6) is -1.65. The lowest BCUT2D eigenvalue weighted by Gasteiger charge is -2.14. The number of amides is 2. The molecule has 23 heavy (non-hydrogen) atoms. The van der Waals surface area contributed by atoms with Crippen LogP contribution in [0.25, 0.3) is 6.08 Å². The van der Waals surface area contributed by atoms with Gasteiger partial charge in [0.1, 0.15) is 11.4 Å². The van der Waals surface area contributed by atoms with Crippen molar-refractivity contribution in [1.29, 1.82) is 0 Å². The van der Waals surface area contributed by atoms with Gasteiger partial charge >= 0.3 is 0 Å². The molecule has 0 unspecified atom stereocenters. The number of anilines is 1. The molecule has 4 nitrogen and oxygen atoms in total. The largest absolute Gasteiger partial charge is 0.282 e. The predicted octanol–water partition coefficient (Wildman–Crippen LogP) is 3.70. The molecule has 2 amide bonds. The van der Waals surface area contributed by atoms with E-state index in [1.165, 1.54) is 18.2 Å². The van der Waals surface area contributed by atoms with Crippen molar-refractivity contribution in [2.24, 2.45) is 0 Å². The Kier molecular flexibility index (Phi) is 4.19. The number of nitrogens with zero attached hydrogens (tertiary/aromatic N) is 1. The van der Waals surface area contributed by atoms with Gasteiger partial charge in [-0.1, -0.05) is 39.7 Å². The van der Waals surface area contributed by atoms with Crippen LogP contribution in [0.4, 0.5) is 10.1 Å². The molecule has 0 aliphatic carbocycles. The summed E-state index contributed by atoms with van der Waals surface area (Å²) in [7, 11) is 0. The number of hydrogen-bond acceptors (Lipinski definition) is 2. The second-order valence-corrected chi connectivity index (χ2v) is 6.11. The monoisotopic (exact) mass is 394 g/mol. The molecule has 3 rings (SSSR count). The van der Waals surface area contributed by atoms with Crippen LogP contribution in [0.1, 0.15) is 5.56 Å². The molecular weight excluding hydrogens is 387 g/mol. The van der Waals surface area contributed by atoms with Gasteiger partial charge in [-0.05, 0) is 42.0 Å². The number of halogens is 3. The van der Waals surface area contributed by atoms with Crippen LogP contribution < -0.4 is 10.4 Å². The number of carbonyl (C=O) groups excluding carboxylic acids is 2. The number of hydrazine groups is 1. The molecule has 2 aromatic carbocycles. The molecule has 1 N–H and O–H groups in total. The Balaban J connectivity index is 1.93. The highest BCUT2D eigenvalue weighted by Gasteiger charge is 2.34. The summed E-state index contributed by atoms with van der Waals surface area (Å²) < 4.78 is 14.1. The maximum atomic E-state index is 13.2. The van der Waals surface area contributed by atoms with Gasteiger partial charge in [0.15, 0.2) is 0 Å². The number of hydrogen-bond donors (Lipinski definition) is 1. The van der Waals surface area contributed by atoms with Crippen molar-refractivity contribution in [3.8, 4) is 0 Å². The lowest BCUT2D eigenvalue weighted by Crippen LogP contribution is -2.35. The van der Waals surface area contributed by atoms with E-state index in [9.17, 15) is 14.0 Å². The van der Waals surface area contributed by atoms with E-state index in [4.69, 9.17) is 11.6 Å². The van der Waals surface area contributed by atoms with Crippen molar-refractivity contribution in [3.63, 3.8) is 0 Å². The van der Waals surface area contributed by atoms with E-state index in [0.29, 0.717) is 5.56 Å². The lowest BCUT2D eigenvalue weighted by atomic mass is 10.1. The summed E-state index contributed by atoms with van der Waals surface area (Å²) in [6.45, 7) is 0. The normalized spacial score (nSPS) is 16.1. The molecule has 1 heterocycles. The van der Waals surface area contributed by atoms with Gasteiger partial charge in [0.25, 0.3) is 11.8 Å². The molecule has 1 aliphatic heterocycles. The summed E-state index contributed by atoms with van der Waals surface area (Å²) in [4.78, 5) is 24.4. The van der Waals surface area contributed by atoms with Crippen LogP contribution in [-0.4, -0.2) is 11.8 Å². The third kappa shape index (κ3) is 3.13. The minimum atomic E-state index is -0.598. The van der Waals surface area contributed by atoms with Gasteiger partial charge < -0.3 is 0 Å². The molecule has 0 radical (unpaired) electrons. The van der Waals surface area contributed by atoms with Crippen LogP contribution in [-0.2, 0) is 9.59 Å². The van der Waals surface area contributed by atoms with Crippen LogP contribution in [0.3, 0.4) is 0 Å². The van der Waals surface area contributed by atoms with Crippen LogP contribution in [0.15, 0.2) is 52.5 Å². The molecule has 1 fully saturated rings. The van der Waals surface area contributed by atoms with E-state index < -0.39 is 17.6 Å². The zero-order valence-electron chi connectivity index (χ0n) is 11.5. The first-order valence-corrected chi connectivity index (χ1v) is 7.70. The minimum Gasteiger partial charge on any atom is -0.267 e. The van der Waals surface area contributed by atoms with Gasteiger partial charge in [-0.15, -0.1) is 0 Å². The van der Waals surface area contributed by atoms with Crippen LogP contribution in [0, 0.1) is 5.82 Å². The molecule has 2 aromatic rings. The third-order valence-electron chi connectivity index (χ3n) is 3.23. The second kappa shape index (κ2) is 6.14. The summed E-state index contributed by atoms with van der Waals surface area (Å²) in [6.07, 6.45) is 1.50. The van der Waals surface area contributed by atoms with Gasteiger partial charge in [0.2, 0.25) is 0 Å². The topological polar surface area (TPSA) is 49.4 Å². The van der Waals surface area contributed by atoms with Crippen molar-refractivity contribution in [2.75, 3.05) is 5.01 Å². The Morgan fingerprint density at radius 1 is 1.13 bits per heavy atom. The van der Waals surface area contributed by atoms with E-state index in [1.54, 1.807) is 24.3 Å². The van der Waals surface area contributed by atoms with Gasteiger partial charge in [-0.3, -0.25) is 15.0 Å². The molecule has 0 spiro atoms. The molecule has 1 saturated heterocycles. The molecule has 0 saturated carbocycles. The van der Waals surface area contributed by atoms with Gasteiger partial charge in [0.05, 0.1) is 10.7 Å². The Labute approximate surface area is 144 Å². The van der Waals surface area contributed by atoms with Crippen molar-refractivity contribution < 1.29 is 14.0 Å². The molecule has 7 heteroatoms. The second-order valence-electron chi connectivity index (χ2n) is 4.79. The molecule has 0 bridgehead atoms. The summed E-state index contributed by atoms with van der Waals surface area (Å²) in [5.41, 5.74) is 3.43. The standard InChI is InChI=1S/C16H9BrClFN2O2/c17-10-3-1-9(2-4-10)7-12-15(22)20-21(16(12)23)11-5-6-14(19)13(18)8-11/h1-8H,(H,20,22)/b12-7-. The van der Waals surface area contributed by atoms with E-state index in [2.05, 4.69) is 21.4 Å². The highest BCUT2D eigenvalue weighted by atomic mass is 79.9. The summed E-state index contributed by atoms with van der Waals surface area (Å²) >= 11 is 9.03. The number of carbonyl (C=O) groups is 2. The number of nitrogens with one attached hydrogen (secondary N) is 1. The van der Waals surface area contributed by atoms with Crippen LogP contribution in [0.2, 0.25) is 5.02 Å². The van der Waals surface area contributed by atoms with E-state index in [1.807, 2.05) is 0 Å². The first-order valence-electron chi connectivity index (χ1n) is 6.53. The first-order chi connectivity index (χ1) is 11.0. The smallest absolute Gasteiger partial charge is 0.267 e. The van der Waals surface area contributed by atoms with Crippen LogP contribution in [0.5, 0.6) is 0 Å². The fraction of sp³-hybridized carbons (Fsp3) is 0. The van der Waals surface area contributed by atoms with Crippen LogP contribution >= 0.6 is 27.5 Å². The van der Waals surface area contributed by atoms with Gasteiger partial charge in [-0.25, -0.2) is 9.40 Å². The SMILES string of the molecule is O=C1NN(c2ccc(F)c(Cl)c2)C(=O)/C1=C\c1ccc(Br)cc1. The lowest BCUT2D eigenvalue weighted by molar-refractivity contribution is -0.117. The van der Waals surface area contributed by atoms with Crippen molar-refractivity contribution in [3.05, 3.63) is 68.9 Å². The summed E-state index contributed by atoms with van der Waals surface area (Å²) in [5, 5.41) is 0.910.